The fraction of sp³-hybridized carbons (Fsp3) is 0.286. The van der Waals surface area contributed by atoms with Crippen LogP contribution in [0.15, 0.2) is 35.8 Å². The van der Waals surface area contributed by atoms with Gasteiger partial charge in [0.2, 0.25) is 5.82 Å². The number of hydrogen-bond acceptors (Lipinski definition) is 6. The van der Waals surface area contributed by atoms with Crippen molar-refractivity contribution in [3.8, 4) is 0 Å². The van der Waals surface area contributed by atoms with E-state index >= 15 is 0 Å². The van der Waals surface area contributed by atoms with Crippen LogP contribution < -0.4 is 0 Å². The Kier molecular flexibility index (Phi) is 4.32. The number of aromatic nitrogens is 5. The van der Waals surface area contributed by atoms with E-state index in [0.29, 0.717) is 12.2 Å². The highest BCUT2D eigenvalue weighted by molar-refractivity contribution is 7.10. The van der Waals surface area contributed by atoms with Gasteiger partial charge >= 0.3 is 0 Å². The molecule has 0 radical (unpaired) electrons. The Balaban J connectivity index is 1.55. The molecule has 0 bridgehead atoms. The van der Waals surface area contributed by atoms with Gasteiger partial charge in [-0.2, -0.15) is 5.21 Å². The Morgan fingerprint density at radius 2 is 2.29 bits per heavy atom. The number of tetrazole rings is 1. The number of nitrogens with one attached hydrogen (secondary N) is 1. The maximum Gasteiger partial charge on any atom is 0.202 e. The molecule has 3 heterocycles. The number of hydrogen-bond donors (Lipinski definition) is 2. The van der Waals surface area contributed by atoms with Crippen LogP contribution in [-0.4, -0.2) is 30.7 Å². The minimum Gasteiger partial charge on any atom is -0.385 e. The van der Waals surface area contributed by atoms with Gasteiger partial charge in [-0.25, -0.2) is 0 Å². The zero-order chi connectivity index (χ0) is 14.5. The molecule has 7 heteroatoms. The average molecular weight is 301 g/mol. The van der Waals surface area contributed by atoms with E-state index in [-0.39, 0.29) is 0 Å². The number of aliphatic hydroxyl groups excluding tert-OH is 1. The van der Waals surface area contributed by atoms with Crippen LogP contribution in [-0.2, 0) is 12.8 Å². The maximum atomic E-state index is 9.92. The van der Waals surface area contributed by atoms with E-state index in [4.69, 9.17) is 0 Å². The first kappa shape index (κ1) is 13.8. The van der Waals surface area contributed by atoms with Gasteiger partial charge in [-0.15, -0.1) is 21.5 Å². The second kappa shape index (κ2) is 6.55. The highest BCUT2D eigenvalue weighted by Crippen LogP contribution is 2.21. The molecule has 0 fully saturated rings. The van der Waals surface area contributed by atoms with E-state index < -0.39 is 6.10 Å². The second-order valence-corrected chi connectivity index (χ2v) is 5.74. The molecule has 3 aromatic rings. The highest BCUT2D eigenvalue weighted by Gasteiger charge is 2.13. The van der Waals surface area contributed by atoms with E-state index in [1.54, 1.807) is 11.3 Å². The van der Waals surface area contributed by atoms with Crippen molar-refractivity contribution in [3.63, 3.8) is 0 Å². The van der Waals surface area contributed by atoms with Gasteiger partial charge in [-0.05, 0) is 42.0 Å². The van der Waals surface area contributed by atoms with Crippen LogP contribution in [0.2, 0.25) is 0 Å². The molecule has 6 nitrogen and oxygen atoms in total. The number of aromatic amines is 1. The molecule has 0 aliphatic carbocycles. The van der Waals surface area contributed by atoms with E-state index in [1.165, 1.54) is 10.4 Å². The van der Waals surface area contributed by atoms with Crippen LogP contribution in [0.3, 0.4) is 0 Å². The van der Waals surface area contributed by atoms with Crippen molar-refractivity contribution in [1.82, 2.24) is 25.6 Å². The van der Waals surface area contributed by atoms with E-state index in [2.05, 4.69) is 37.1 Å². The largest absolute Gasteiger partial charge is 0.385 e. The van der Waals surface area contributed by atoms with Gasteiger partial charge in [0, 0.05) is 23.2 Å². The molecule has 2 N–H and O–H groups in total. The topological polar surface area (TPSA) is 87.6 Å². The van der Waals surface area contributed by atoms with Crippen LogP contribution in [0.1, 0.15) is 34.5 Å². The Labute approximate surface area is 125 Å². The van der Waals surface area contributed by atoms with Gasteiger partial charge in [0.05, 0.1) is 0 Å². The van der Waals surface area contributed by atoms with Crippen molar-refractivity contribution < 1.29 is 5.11 Å². The van der Waals surface area contributed by atoms with Crippen LogP contribution >= 0.6 is 11.3 Å². The molecule has 0 saturated carbocycles. The summed E-state index contributed by atoms with van der Waals surface area (Å²) >= 11 is 1.70. The second-order valence-electron chi connectivity index (χ2n) is 4.74. The first-order valence-electron chi connectivity index (χ1n) is 6.69. The van der Waals surface area contributed by atoms with E-state index in [9.17, 15) is 5.11 Å². The summed E-state index contributed by atoms with van der Waals surface area (Å²) in [6.07, 6.45) is 3.35. The van der Waals surface area contributed by atoms with Gasteiger partial charge in [0.1, 0.15) is 6.10 Å². The average Bonchev–Trinajstić information content (AvgIpc) is 3.17. The minimum atomic E-state index is -0.676. The molecule has 0 aliphatic rings. The summed E-state index contributed by atoms with van der Waals surface area (Å²) in [5.41, 5.74) is 2.32. The molecule has 3 rings (SSSR count). The molecule has 3 aromatic heterocycles. The van der Waals surface area contributed by atoms with Crippen molar-refractivity contribution in [2.45, 2.75) is 25.4 Å². The minimum absolute atomic E-state index is 0.347. The molecule has 1 unspecified atom stereocenters. The van der Waals surface area contributed by atoms with Crippen LogP contribution in [0.5, 0.6) is 0 Å². The van der Waals surface area contributed by atoms with Gasteiger partial charge in [-0.1, -0.05) is 11.3 Å². The predicted molar refractivity (Wildman–Crippen MR) is 78.8 cm³/mol. The Morgan fingerprint density at radius 1 is 1.33 bits per heavy atom. The lowest BCUT2D eigenvalue weighted by molar-refractivity contribution is 0.158. The number of pyridine rings is 1. The molecular weight excluding hydrogens is 286 g/mol. The standard InChI is InChI=1S/C14H15N5OS/c20-13(14-16-18-19-17-14)5-4-12-8-10(9-21-12)7-11-3-1-2-6-15-11/h1-3,6,8-9,13,20H,4-5,7H2,(H,16,17,18,19). The van der Waals surface area contributed by atoms with Crippen molar-refractivity contribution in [3.05, 3.63) is 57.8 Å². The molecule has 1 atom stereocenters. The summed E-state index contributed by atoms with van der Waals surface area (Å²) in [5, 5.41) is 25.4. The zero-order valence-electron chi connectivity index (χ0n) is 11.3. The molecule has 21 heavy (non-hydrogen) atoms. The third kappa shape index (κ3) is 3.71. The first-order valence-corrected chi connectivity index (χ1v) is 7.57. The quantitative estimate of drug-likeness (QED) is 0.726. The fourth-order valence-corrected chi connectivity index (χ4v) is 2.99. The smallest absolute Gasteiger partial charge is 0.202 e. The van der Waals surface area contributed by atoms with Crippen molar-refractivity contribution >= 4 is 11.3 Å². The summed E-state index contributed by atoms with van der Waals surface area (Å²) < 4.78 is 0. The molecule has 0 saturated heterocycles. The van der Waals surface area contributed by atoms with Crippen LogP contribution in [0.4, 0.5) is 0 Å². The number of thiophene rings is 1. The number of rotatable bonds is 6. The van der Waals surface area contributed by atoms with Gasteiger partial charge in [0.15, 0.2) is 0 Å². The molecule has 108 valence electrons. The third-order valence-electron chi connectivity index (χ3n) is 3.14. The van der Waals surface area contributed by atoms with E-state index in [0.717, 1.165) is 18.5 Å². The summed E-state index contributed by atoms with van der Waals surface area (Å²) in [7, 11) is 0. The van der Waals surface area contributed by atoms with Gasteiger partial charge in [-0.3, -0.25) is 4.98 Å². The molecular formula is C14H15N5OS. The number of H-pyrrole nitrogens is 1. The predicted octanol–water partition coefficient (Wildman–Crippen LogP) is 1.91. The maximum absolute atomic E-state index is 9.92. The molecule has 0 aliphatic heterocycles. The number of aryl methyl sites for hydroxylation is 1. The Bertz CT molecular complexity index is 668. The lowest BCUT2D eigenvalue weighted by Gasteiger charge is -2.03. The monoisotopic (exact) mass is 301 g/mol. The summed E-state index contributed by atoms with van der Waals surface area (Å²) in [5.74, 6) is 0.347. The fourth-order valence-electron chi connectivity index (χ4n) is 2.08. The van der Waals surface area contributed by atoms with Crippen molar-refractivity contribution in [2.75, 3.05) is 0 Å². The van der Waals surface area contributed by atoms with Crippen LogP contribution in [0.25, 0.3) is 0 Å². The number of nitrogens with zero attached hydrogens (tertiary/aromatic N) is 4. The lowest BCUT2D eigenvalue weighted by atomic mass is 10.1. The Morgan fingerprint density at radius 3 is 3.05 bits per heavy atom. The summed E-state index contributed by atoms with van der Waals surface area (Å²) in [6, 6.07) is 8.11. The van der Waals surface area contributed by atoms with Crippen molar-refractivity contribution in [2.24, 2.45) is 0 Å². The summed E-state index contributed by atoms with van der Waals surface area (Å²) in [4.78, 5) is 5.57. The Hall–Kier alpha value is -2.12. The normalized spacial score (nSPS) is 12.4. The molecule has 0 amide bonds. The number of aliphatic hydroxyl groups is 1. The van der Waals surface area contributed by atoms with Gasteiger partial charge in [0.25, 0.3) is 0 Å². The third-order valence-corrected chi connectivity index (χ3v) is 4.19. The van der Waals surface area contributed by atoms with Crippen molar-refractivity contribution in [1.29, 1.82) is 0 Å². The summed E-state index contributed by atoms with van der Waals surface area (Å²) in [6.45, 7) is 0. The van der Waals surface area contributed by atoms with Crippen LogP contribution in [0, 0.1) is 0 Å². The zero-order valence-corrected chi connectivity index (χ0v) is 12.1. The highest BCUT2D eigenvalue weighted by atomic mass is 32.1. The lowest BCUT2D eigenvalue weighted by Crippen LogP contribution is -2.01. The molecule has 0 spiro atoms. The SMILES string of the molecule is OC(CCc1cc(Cc2ccccn2)cs1)c1nn[nH]n1. The van der Waals surface area contributed by atoms with E-state index in [1.807, 2.05) is 24.4 Å². The molecule has 0 aromatic carbocycles. The van der Waals surface area contributed by atoms with Gasteiger partial charge < -0.3 is 5.11 Å². The first-order chi connectivity index (χ1) is 10.3.